The van der Waals surface area contributed by atoms with Gasteiger partial charge in [0.25, 0.3) is 9.05 Å². The molecule has 0 bridgehead atoms. The predicted molar refractivity (Wildman–Crippen MR) is 413 cm³/mol. The van der Waals surface area contributed by atoms with E-state index in [4.69, 9.17) is 34.1 Å². The molecule has 5 N–H and O–H groups in total. The second-order valence-electron chi connectivity index (χ2n) is 28.8. The molecule has 7 rings (SSSR count). The molecule has 0 saturated heterocycles. The number of nitrogens with zero attached hydrogens (tertiary/aromatic N) is 5. The molecule has 7 aromatic rings. The molecule has 26 heteroatoms. The summed E-state index contributed by atoms with van der Waals surface area (Å²) in [6.45, 7) is 40.7. The molecule has 0 aliphatic heterocycles. The number of rotatable bonds is 27. The summed E-state index contributed by atoms with van der Waals surface area (Å²) < 4.78 is 71.8. The van der Waals surface area contributed by atoms with Gasteiger partial charge in [-0.25, -0.2) is 31.2 Å². The smallest absolute Gasteiger partial charge is 0.408 e. The predicted octanol–water partition coefficient (Wildman–Crippen LogP) is 15.3. The Balaban J connectivity index is 0.00000133. The summed E-state index contributed by atoms with van der Waals surface area (Å²) in [5, 5.41) is 19.0. The molecule has 576 valence electrons. The average Bonchev–Trinajstić information content (AvgIpc) is 1.80. The van der Waals surface area contributed by atoms with Gasteiger partial charge >= 0.3 is 18.2 Å². The number of nitrogens with one attached hydrogen (secondary N) is 4. The minimum atomic E-state index is -3.94. The maximum Gasteiger partial charge on any atom is 0.408 e. The number of pyridine rings is 3. The molecule has 5 heterocycles. The number of ether oxygens (including phenoxy) is 2. The monoisotopic (exact) mass is 1490 g/mol. The number of fused-ring (bicyclic) bond motifs is 2. The number of alkyl carbamates (subject to hydrolysis) is 2. The molecule has 0 saturated carbocycles. The number of benzene rings is 2. The molecular formula is C77H120ClN9O14S2. The van der Waals surface area contributed by atoms with Crippen molar-refractivity contribution in [2.75, 3.05) is 39.3 Å². The Morgan fingerprint density at radius 3 is 1.17 bits per heavy atom. The van der Waals surface area contributed by atoms with E-state index in [0.29, 0.717) is 61.0 Å². The van der Waals surface area contributed by atoms with Crippen LogP contribution in [0, 0.1) is 35.5 Å². The van der Waals surface area contributed by atoms with Crippen LogP contribution >= 0.6 is 10.7 Å². The van der Waals surface area contributed by atoms with E-state index in [0.717, 1.165) is 47.0 Å². The summed E-state index contributed by atoms with van der Waals surface area (Å²) in [6, 6.07) is 20.6. The number of carboxylic acids is 1. The SMILES string of the molecule is C.C.C.CC(C)(C)OC(=O)N[C@@H](Cc1cccnc1)C(=O)O.CC(C)CN(CC(C)C)C(=O)[C@H](Cc1cccnc1)NC(=O)OC(C)(C)C.CC(C)CN(CC(C)C)C(=O)[C@H](Cc1cccnc1)NS(=O)(=O)c1ccc2occc2c1.CC(C)CNCC(C)C.O=S(=O)(Cl)c1ccc2occc2c1. The van der Waals surface area contributed by atoms with E-state index in [1.807, 2.05) is 50.8 Å². The zero-order valence-electron chi connectivity index (χ0n) is 61.4. The topological polar surface area (TPSA) is 312 Å². The van der Waals surface area contributed by atoms with E-state index in [1.165, 1.54) is 30.7 Å². The van der Waals surface area contributed by atoms with Crippen LogP contribution in [0.4, 0.5) is 9.59 Å². The van der Waals surface area contributed by atoms with Crippen molar-refractivity contribution in [2.45, 2.75) is 205 Å². The normalized spacial score (nSPS) is 12.2. The lowest BCUT2D eigenvalue weighted by Crippen LogP contribution is -2.52. The maximum atomic E-state index is 13.6. The standard InChI is InChI=1S/C24H31N3O4S.C21H35N3O3.C13H18N2O4.C8H5ClO3S.C8H19N.3CH4/c1-17(2)15-27(16-18(3)4)24(28)22(12-19-6-5-10-25-14-19)26-32(29,30)21-7-8-23-20(13-21)9-11-31-23;1-15(2)13-24(14-16(3)4)19(25)18(11-17-9-8-10-22-12-17)23-20(26)27-21(5,6)7;1-13(2,3)19-12(18)15-10(11(16)17)7-9-5-4-6-14-8-9;9-13(10,11)7-1-2-8-6(5-7)3-4-12-8;1-7(2)5-9-6-8(3)4;;;/h5-11,13-14,17-18,22,26H,12,15-16H2,1-4H3;8-10,12,15-16,18H,11,13-14H2,1-7H3,(H,23,26);4-6,8,10H,7H2,1-3H3,(H,15,18)(H,16,17);1-5H;7-9H,5-6H2,1-4H3;3*1H4/t22-;18-;10-;;;;;/m000...../s1. The van der Waals surface area contributed by atoms with Crippen LogP contribution in [-0.4, -0.2) is 145 Å². The van der Waals surface area contributed by atoms with Crippen LogP contribution in [0.2, 0.25) is 0 Å². The van der Waals surface area contributed by atoms with Gasteiger partial charge in [-0.15, -0.1) is 0 Å². The van der Waals surface area contributed by atoms with E-state index in [-0.39, 0.29) is 68.6 Å². The molecule has 0 fully saturated rings. The highest BCUT2D eigenvalue weighted by atomic mass is 35.7. The molecule has 23 nitrogen and oxygen atoms in total. The van der Waals surface area contributed by atoms with E-state index in [9.17, 15) is 40.8 Å². The first-order valence-electron chi connectivity index (χ1n) is 33.7. The van der Waals surface area contributed by atoms with E-state index in [2.05, 4.69) is 91.0 Å². The van der Waals surface area contributed by atoms with Gasteiger partial charge in [0.15, 0.2) is 0 Å². The number of hydrogen-bond acceptors (Lipinski definition) is 17. The first kappa shape index (κ1) is 95.0. The molecule has 4 amide bonds. The third-order valence-electron chi connectivity index (χ3n) is 13.6. The second-order valence-corrected chi connectivity index (χ2v) is 33.1. The third-order valence-corrected chi connectivity index (χ3v) is 16.4. The minimum Gasteiger partial charge on any atom is -0.480 e. The van der Waals surface area contributed by atoms with Crippen LogP contribution in [0.1, 0.15) is 164 Å². The minimum absolute atomic E-state index is 0. The zero-order valence-corrected chi connectivity index (χ0v) is 63.8. The summed E-state index contributed by atoms with van der Waals surface area (Å²) in [5.74, 6) is 1.33. The van der Waals surface area contributed by atoms with Gasteiger partial charge in [-0.2, -0.15) is 4.72 Å². The van der Waals surface area contributed by atoms with Gasteiger partial charge in [0.1, 0.15) is 40.5 Å². The van der Waals surface area contributed by atoms with E-state index < -0.39 is 66.6 Å². The number of aromatic nitrogens is 3. The fourth-order valence-corrected chi connectivity index (χ4v) is 11.6. The van der Waals surface area contributed by atoms with Crippen LogP contribution < -0.4 is 20.7 Å². The molecule has 0 unspecified atom stereocenters. The van der Waals surface area contributed by atoms with Crippen LogP contribution in [0.5, 0.6) is 0 Å². The van der Waals surface area contributed by atoms with Crippen molar-refractivity contribution in [1.29, 1.82) is 0 Å². The Labute approximate surface area is 619 Å². The summed E-state index contributed by atoms with van der Waals surface area (Å²) in [6.07, 6.45) is 12.3. The van der Waals surface area contributed by atoms with Gasteiger partial charge in [-0.1, -0.05) is 124 Å². The number of aliphatic carboxylic acids is 1. The van der Waals surface area contributed by atoms with Crippen molar-refractivity contribution in [3.05, 3.63) is 151 Å². The summed E-state index contributed by atoms with van der Waals surface area (Å²) in [5.41, 5.74) is 2.36. The van der Waals surface area contributed by atoms with Crippen molar-refractivity contribution in [3.8, 4) is 0 Å². The van der Waals surface area contributed by atoms with Crippen molar-refractivity contribution in [1.82, 2.24) is 45.4 Å². The number of furan rings is 2. The lowest BCUT2D eigenvalue weighted by atomic mass is 10.0. The number of carboxylic acid groups (broad SMARTS) is 1. The summed E-state index contributed by atoms with van der Waals surface area (Å²) in [7, 11) is -2.42. The number of halogens is 1. The highest BCUT2D eigenvalue weighted by Gasteiger charge is 2.32. The maximum absolute atomic E-state index is 13.6. The number of carbonyl (C=O) groups is 5. The Kier molecular flexibility index (Phi) is 42.4. The number of sulfonamides is 1. The zero-order chi connectivity index (χ0) is 75.1. The van der Waals surface area contributed by atoms with Gasteiger partial charge in [0.05, 0.1) is 22.3 Å². The molecule has 103 heavy (non-hydrogen) atoms. The average molecular weight is 1500 g/mol. The Hall–Kier alpha value is -7.97. The molecule has 0 aliphatic carbocycles. The van der Waals surface area contributed by atoms with Crippen molar-refractivity contribution >= 4 is 81.7 Å². The second kappa shape index (κ2) is 46.0. The van der Waals surface area contributed by atoms with Crippen LogP contribution in [-0.2, 0) is 62.2 Å². The van der Waals surface area contributed by atoms with Crippen LogP contribution in [0.25, 0.3) is 21.9 Å². The number of carbonyl (C=O) groups excluding carboxylic acids is 4. The third kappa shape index (κ3) is 38.9. The van der Waals surface area contributed by atoms with Gasteiger partial charge in [-0.3, -0.25) is 24.5 Å². The van der Waals surface area contributed by atoms with E-state index >= 15 is 0 Å². The summed E-state index contributed by atoms with van der Waals surface area (Å²) >= 11 is 0. The fraction of sp³-hybridized carbons (Fsp3) is 0.532. The van der Waals surface area contributed by atoms with Crippen molar-refractivity contribution in [2.24, 2.45) is 35.5 Å². The van der Waals surface area contributed by atoms with Crippen LogP contribution in [0.3, 0.4) is 0 Å². The lowest BCUT2D eigenvalue weighted by molar-refractivity contribution is -0.139. The van der Waals surface area contributed by atoms with Crippen molar-refractivity contribution in [3.63, 3.8) is 0 Å². The number of hydrogen-bond donors (Lipinski definition) is 5. The molecule has 0 aliphatic rings. The molecule has 0 radical (unpaired) electrons. The van der Waals surface area contributed by atoms with E-state index in [1.54, 1.807) is 132 Å². The van der Waals surface area contributed by atoms with Gasteiger partial charge in [0, 0.05) is 97.7 Å². The molecule has 2 aromatic carbocycles. The van der Waals surface area contributed by atoms with Gasteiger partial charge in [0.2, 0.25) is 21.8 Å². The lowest BCUT2D eigenvalue weighted by Gasteiger charge is -2.31. The first-order chi connectivity index (χ1) is 46.6. The summed E-state index contributed by atoms with van der Waals surface area (Å²) in [4.78, 5) is 77.7. The molecular weight excluding hydrogens is 1370 g/mol. The van der Waals surface area contributed by atoms with Crippen LogP contribution in [0.15, 0.2) is 153 Å². The first-order valence-corrected chi connectivity index (χ1v) is 37.5. The molecule has 0 spiro atoms. The fourth-order valence-electron chi connectivity index (χ4n) is 9.58. The largest absolute Gasteiger partial charge is 0.480 e. The highest BCUT2D eigenvalue weighted by Crippen LogP contribution is 2.24. The quantitative estimate of drug-likeness (QED) is 0.0299. The Morgan fingerprint density at radius 1 is 0.495 bits per heavy atom. The number of amides is 4. The highest BCUT2D eigenvalue weighted by molar-refractivity contribution is 8.13. The molecule has 3 atom stereocenters. The van der Waals surface area contributed by atoms with Gasteiger partial charge in [-0.05, 0) is 180 Å². The van der Waals surface area contributed by atoms with Crippen molar-refractivity contribution < 1.29 is 64.2 Å². The molecule has 5 aromatic heterocycles. The van der Waals surface area contributed by atoms with Gasteiger partial charge < -0.3 is 49.2 Å². The Morgan fingerprint density at radius 2 is 0.835 bits per heavy atom. The Bertz CT molecular complexity index is 3790.